The lowest BCUT2D eigenvalue weighted by atomic mass is 9.83. The van der Waals surface area contributed by atoms with Crippen LogP contribution in [0.1, 0.15) is 58.9 Å². The van der Waals surface area contributed by atoms with E-state index in [1.165, 1.54) is 44.0 Å². The van der Waals surface area contributed by atoms with Crippen LogP contribution in [-0.4, -0.2) is 153 Å². The summed E-state index contributed by atoms with van der Waals surface area (Å²) < 4.78 is 34.3. The number of amides is 5. The van der Waals surface area contributed by atoms with Crippen molar-refractivity contribution in [1.29, 1.82) is 0 Å². The highest BCUT2D eigenvalue weighted by Crippen LogP contribution is 2.49. The number of nitrogens with zero attached hydrogens (tertiary/aromatic N) is 2. The number of anilines is 1. The third kappa shape index (κ3) is 13.3. The minimum absolute atomic E-state index is 0.00997. The number of ether oxygens (including phenoxy) is 6. The van der Waals surface area contributed by atoms with Gasteiger partial charge in [0.2, 0.25) is 23.6 Å². The van der Waals surface area contributed by atoms with E-state index in [-0.39, 0.29) is 57.3 Å². The van der Waals surface area contributed by atoms with Crippen molar-refractivity contribution in [3.63, 3.8) is 0 Å². The molecule has 20 nitrogen and oxygen atoms in total. The Labute approximate surface area is 371 Å². The van der Waals surface area contributed by atoms with E-state index >= 15 is 0 Å². The van der Waals surface area contributed by atoms with E-state index in [1.54, 1.807) is 38.1 Å². The number of alkyl carbamates (subject to hydrolysis) is 1. The fourth-order valence-electron chi connectivity index (χ4n) is 7.30. The number of hydrogen-bond acceptors (Lipinski definition) is 15. The van der Waals surface area contributed by atoms with Gasteiger partial charge in [-0.15, -0.1) is 0 Å². The first-order valence-electron chi connectivity index (χ1n) is 20.6. The van der Waals surface area contributed by atoms with Crippen molar-refractivity contribution in [2.24, 2.45) is 17.4 Å². The number of epoxide rings is 1. The van der Waals surface area contributed by atoms with Crippen LogP contribution in [0.25, 0.3) is 0 Å². The number of allylic oxidation sites excluding steroid dienone is 3. The third-order valence-corrected chi connectivity index (χ3v) is 11.8. The molecule has 9 atom stereocenters. The summed E-state index contributed by atoms with van der Waals surface area (Å²) >= 11 is 6.75. The Morgan fingerprint density at radius 3 is 2.51 bits per heavy atom. The number of rotatable bonds is 16. The van der Waals surface area contributed by atoms with Crippen molar-refractivity contribution in [3.05, 3.63) is 46.5 Å². The number of carbonyl (C=O) groups excluding carboxylic acids is 6. The van der Waals surface area contributed by atoms with Crippen LogP contribution in [0.3, 0.4) is 0 Å². The highest BCUT2D eigenvalue weighted by atomic mass is 35.5. The Balaban J connectivity index is 1.46. The Bertz CT molecular complexity index is 1920. The van der Waals surface area contributed by atoms with E-state index in [9.17, 15) is 39.0 Å². The van der Waals surface area contributed by atoms with Gasteiger partial charge in [0.1, 0.15) is 40.7 Å². The number of methoxy groups -OCH3 is 1. The molecule has 21 heteroatoms. The van der Waals surface area contributed by atoms with Crippen LogP contribution in [-0.2, 0) is 54.1 Å². The number of nitrogens with one attached hydrogen (secondary N) is 2. The predicted molar refractivity (Wildman–Crippen MR) is 227 cm³/mol. The van der Waals surface area contributed by atoms with Crippen LogP contribution >= 0.6 is 11.6 Å². The number of primary amides is 1. The number of nitrogens with two attached hydrogens (primary N) is 2. The summed E-state index contributed by atoms with van der Waals surface area (Å²) in [6.45, 7) is 7.31. The van der Waals surface area contributed by atoms with Gasteiger partial charge in [0.05, 0.1) is 70.6 Å². The lowest BCUT2D eigenvalue weighted by molar-refractivity contribution is -0.162. The molecule has 0 aromatic heterocycles. The number of fused-ring (bicyclic) bond motifs is 5. The predicted octanol–water partition coefficient (Wildman–Crippen LogP) is 0.603. The second kappa shape index (κ2) is 22.2. The normalized spacial score (nSPS) is 28.5. The Hall–Kier alpha value is -4.83. The maximum Gasteiger partial charge on any atom is 0.409 e. The number of hydrogen-bond donors (Lipinski definition) is 6. The first-order valence-corrected chi connectivity index (χ1v) is 21.0. The number of benzene rings is 1. The molecule has 3 aliphatic rings. The topological polar surface area (TPSA) is 284 Å². The molecule has 4 rings (SSSR count). The van der Waals surface area contributed by atoms with Crippen LogP contribution in [0.4, 0.5) is 10.5 Å². The molecule has 1 aromatic carbocycles. The number of esters is 1. The monoisotopic (exact) mass is 908 g/mol. The Morgan fingerprint density at radius 2 is 1.84 bits per heavy atom. The molecule has 3 heterocycles. The fourth-order valence-corrected chi connectivity index (χ4v) is 7.61. The average Bonchev–Trinajstić information content (AvgIpc) is 3.92. The summed E-state index contributed by atoms with van der Waals surface area (Å²) in [6.07, 6.45) is -1.38. The van der Waals surface area contributed by atoms with E-state index in [0.29, 0.717) is 17.9 Å². The van der Waals surface area contributed by atoms with Gasteiger partial charge >= 0.3 is 12.1 Å². The Kier molecular flexibility index (Phi) is 17.9. The van der Waals surface area contributed by atoms with Crippen LogP contribution in [0, 0.1) is 5.92 Å². The van der Waals surface area contributed by atoms with Crippen LogP contribution in [0.5, 0.6) is 5.75 Å². The van der Waals surface area contributed by atoms with Gasteiger partial charge in [-0.05, 0) is 44.9 Å². The van der Waals surface area contributed by atoms with E-state index in [1.807, 2.05) is 6.92 Å². The molecule has 8 N–H and O–H groups in total. The molecule has 5 amide bonds. The number of aliphatic hydroxyl groups excluding tert-OH is 1. The van der Waals surface area contributed by atoms with Crippen molar-refractivity contribution >= 4 is 53.0 Å². The van der Waals surface area contributed by atoms with E-state index < -0.39 is 95.9 Å². The molecule has 0 aliphatic carbocycles. The number of aliphatic hydroxyl groups is 2. The summed E-state index contributed by atoms with van der Waals surface area (Å²) in [6, 6.07) is 1.31. The zero-order valence-electron chi connectivity index (χ0n) is 36.7. The van der Waals surface area contributed by atoms with E-state index in [4.69, 9.17) is 51.5 Å². The number of halogens is 1. The van der Waals surface area contributed by atoms with Crippen molar-refractivity contribution in [2.45, 2.75) is 108 Å². The third-order valence-electron chi connectivity index (χ3n) is 11.4. The molecule has 2 saturated heterocycles. The van der Waals surface area contributed by atoms with Crippen LogP contribution < -0.4 is 31.7 Å². The first-order chi connectivity index (χ1) is 29.6. The van der Waals surface area contributed by atoms with Crippen molar-refractivity contribution in [2.75, 3.05) is 59.1 Å². The van der Waals surface area contributed by atoms with Gasteiger partial charge in [-0.3, -0.25) is 24.5 Å². The second-order valence-electron chi connectivity index (χ2n) is 16.2. The minimum atomic E-state index is -2.10. The maximum atomic E-state index is 14.2. The van der Waals surface area contributed by atoms with Gasteiger partial charge in [0, 0.05) is 33.0 Å². The maximum absolute atomic E-state index is 14.2. The first kappa shape index (κ1) is 50.8. The van der Waals surface area contributed by atoms with Gasteiger partial charge in [0.15, 0.2) is 5.72 Å². The van der Waals surface area contributed by atoms with Crippen molar-refractivity contribution in [3.8, 4) is 5.75 Å². The molecule has 3 aliphatic heterocycles. The van der Waals surface area contributed by atoms with Crippen LogP contribution in [0.2, 0.25) is 5.02 Å². The average molecular weight is 909 g/mol. The summed E-state index contributed by atoms with van der Waals surface area (Å²) in [7, 11) is 4.41. The molecule has 2 fully saturated rings. The number of carbonyl (C=O) groups is 6. The van der Waals surface area contributed by atoms with E-state index in [0.717, 1.165) is 11.1 Å². The molecule has 4 bridgehead atoms. The van der Waals surface area contributed by atoms with Gasteiger partial charge in [0.25, 0.3) is 0 Å². The molecule has 0 spiro atoms. The lowest BCUT2D eigenvalue weighted by Gasteiger charge is -2.41. The Morgan fingerprint density at radius 1 is 1.16 bits per heavy atom. The molecule has 63 heavy (non-hydrogen) atoms. The molecule has 1 aromatic rings. The quantitative estimate of drug-likeness (QED) is 0.0753. The fraction of sp³-hybridized carbons (Fsp3) is 0.619. The summed E-state index contributed by atoms with van der Waals surface area (Å²) in [4.78, 5) is 79.2. The molecule has 1 unspecified atom stereocenters. The standard InChI is InChI=1S/C42H61ClN6O14/c1-23-9-8-10-31(50)42(57)22-30(61-40(56)47-42)24(2)37-41(4,63-37)32(21-35(53)49(6)28-18-26(17-23)19-29(58-7)36(28)43)62-39(55)25(3)48(5)34(52)11-13-59-15-16-60-14-12-46-38(54)27(44)20-33(45)51/h8-10,18-19,24-25,27,30-32,37,50,57H,11-17,20-22,44H2,1-7H3,(H2,45,51)(H,46,54)(H,47,56)/b10-8+,23-9+/t24-,25+,27+,30+,31-,32+,37?,41+,42+/m1/s1. The summed E-state index contributed by atoms with van der Waals surface area (Å²) in [5.74, 6) is -3.30. The van der Waals surface area contributed by atoms with Gasteiger partial charge in [-0.1, -0.05) is 42.3 Å². The number of likely N-dealkylation sites (N-methyl/N-ethyl adjacent to an activating group) is 1. The smallest absolute Gasteiger partial charge is 0.409 e. The molecular formula is C42H61ClN6O14. The van der Waals surface area contributed by atoms with Crippen LogP contribution in [0.15, 0.2) is 35.9 Å². The highest BCUT2D eigenvalue weighted by Gasteiger charge is 2.64. The zero-order chi connectivity index (χ0) is 46.8. The minimum Gasteiger partial charge on any atom is -0.495 e. The summed E-state index contributed by atoms with van der Waals surface area (Å²) in [5.41, 5.74) is 9.13. The largest absolute Gasteiger partial charge is 0.495 e. The van der Waals surface area contributed by atoms with Crippen molar-refractivity contribution < 1.29 is 67.4 Å². The van der Waals surface area contributed by atoms with Gasteiger partial charge < -0.3 is 65.2 Å². The SMILES string of the molecule is COc1cc2cc(c1Cl)N(C)C(=O)C[C@H](OC(=O)[C@H](C)N(C)C(=O)CCOCCOCCNC(=O)[C@@H](N)CC(N)=O)[C@]1(C)OC1[C@H](C)[C@@H]1C[C@@](O)(NC(=O)O1)[C@H](O)/C=C/C=C(\C)C2. The molecule has 0 saturated carbocycles. The van der Waals surface area contributed by atoms with Gasteiger partial charge in [-0.2, -0.15) is 0 Å². The van der Waals surface area contributed by atoms with Crippen molar-refractivity contribution in [1.82, 2.24) is 15.5 Å². The molecule has 0 radical (unpaired) electrons. The lowest BCUT2D eigenvalue weighted by Crippen LogP contribution is -2.63. The van der Waals surface area contributed by atoms with E-state index in [2.05, 4.69) is 10.6 Å². The zero-order valence-corrected chi connectivity index (χ0v) is 37.5. The second-order valence-corrected chi connectivity index (χ2v) is 16.6. The molecule has 350 valence electrons. The van der Waals surface area contributed by atoms with Gasteiger partial charge in [-0.25, -0.2) is 9.59 Å². The summed E-state index contributed by atoms with van der Waals surface area (Å²) in [5, 5.41) is 27.6. The molecular weight excluding hydrogens is 848 g/mol. The highest BCUT2D eigenvalue weighted by molar-refractivity contribution is 6.35.